The van der Waals surface area contributed by atoms with Crippen molar-refractivity contribution in [1.82, 2.24) is 5.32 Å². The molecule has 0 saturated heterocycles. The number of halogens is 6. The second-order valence-corrected chi connectivity index (χ2v) is 8.10. The van der Waals surface area contributed by atoms with Crippen LogP contribution in [0.15, 0.2) is 66.7 Å². The van der Waals surface area contributed by atoms with Crippen LogP contribution in [-0.4, -0.2) is 19.2 Å². The molecule has 0 radical (unpaired) electrons. The summed E-state index contributed by atoms with van der Waals surface area (Å²) in [6.07, 6.45) is -10.6. The number of carbonyl (C=O) groups excluding carboxylic acids is 1. The number of nitrogens with one attached hydrogen (secondary N) is 1. The first-order chi connectivity index (χ1) is 17.0. The zero-order chi connectivity index (χ0) is 25.9. The maximum absolute atomic E-state index is 12.9. The van der Waals surface area contributed by atoms with Crippen LogP contribution in [-0.2, 0) is 17.1 Å². The van der Waals surface area contributed by atoms with E-state index in [4.69, 9.17) is 4.74 Å². The highest BCUT2D eigenvalue weighted by molar-refractivity contribution is 5.79. The Hall–Kier alpha value is -3.93. The quantitative estimate of drug-likeness (QED) is 0.236. The number of hydrogen-bond donors (Lipinski definition) is 1. The standard InChI is InChI=1S/C27H19F6NO2/c28-26(29,30)18-13-17(14-19(15-18)27(31,32)33)7-5-6-12-34-25(35)36-16-24-22-10-3-1-8-20(22)21-9-2-4-11-23(21)24/h1-4,8-11,13-15,24H,6,12,16H2,(H,34,35). The second-order valence-electron chi connectivity index (χ2n) is 8.10. The predicted molar refractivity (Wildman–Crippen MR) is 121 cm³/mol. The van der Waals surface area contributed by atoms with Crippen molar-refractivity contribution in [3.63, 3.8) is 0 Å². The molecule has 0 spiro atoms. The molecule has 0 atom stereocenters. The van der Waals surface area contributed by atoms with Crippen molar-refractivity contribution < 1.29 is 35.9 Å². The van der Waals surface area contributed by atoms with E-state index < -0.39 is 35.1 Å². The Kier molecular flexibility index (Phi) is 6.97. The highest BCUT2D eigenvalue weighted by Gasteiger charge is 2.36. The maximum atomic E-state index is 12.9. The summed E-state index contributed by atoms with van der Waals surface area (Å²) in [6, 6.07) is 16.8. The third-order valence-corrected chi connectivity index (χ3v) is 5.68. The van der Waals surface area contributed by atoms with Gasteiger partial charge in [-0.3, -0.25) is 0 Å². The molecule has 1 aliphatic carbocycles. The molecule has 9 heteroatoms. The van der Waals surface area contributed by atoms with Crippen molar-refractivity contribution in [2.75, 3.05) is 13.2 Å². The summed E-state index contributed by atoms with van der Waals surface area (Å²) in [5.41, 5.74) is 0.990. The number of alkyl carbamates (subject to hydrolysis) is 1. The van der Waals surface area contributed by atoms with Gasteiger partial charge in [-0.05, 0) is 40.5 Å². The number of amides is 1. The van der Waals surface area contributed by atoms with Crippen LogP contribution in [0.25, 0.3) is 11.1 Å². The minimum absolute atomic E-state index is 0.00178. The van der Waals surface area contributed by atoms with E-state index in [0.29, 0.717) is 12.1 Å². The van der Waals surface area contributed by atoms with Crippen molar-refractivity contribution in [3.8, 4) is 23.0 Å². The van der Waals surface area contributed by atoms with Gasteiger partial charge in [0.25, 0.3) is 0 Å². The van der Waals surface area contributed by atoms with Gasteiger partial charge in [0, 0.05) is 24.4 Å². The van der Waals surface area contributed by atoms with Crippen LogP contribution < -0.4 is 5.32 Å². The van der Waals surface area contributed by atoms with Gasteiger partial charge < -0.3 is 10.1 Å². The van der Waals surface area contributed by atoms with Crippen LogP contribution in [0, 0.1) is 11.8 Å². The lowest BCUT2D eigenvalue weighted by atomic mass is 9.98. The molecule has 0 fully saturated rings. The summed E-state index contributed by atoms with van der Waals surface area (Å²) in [5, 5.41) is 2.49. The van der Waals surface area contributed by atoms with Crippen LogP contribution in [0.4, 0.5) is 31.1 Å². The Labute approximate surface area is 203 Å². The highest BCUT2D eigenvalue weighted by atomic mass is 19.4. The number of ether oxygens (including phenoxy) is 1. The van der Waals surface area contributed by atoms with Crippen LogP contribution in [0.2, 0.25) is 0 Å². The van der Waals surface area contributed by atoms with Crippen LogP contribution in [0.5, 0.6) is 0 Å². The lowest BCUT2D eigenvalue weighted by Crippen LogP contribution is -2.26. The van der Waals surface area contributed by atoms with Gasteiger partial charge in [-0.25, -0.2) is 4.79 Å². The third-order valence-electron chi connectivity index (χ3n) is 5.68. The average Bonchev–Trinajstić information content (AvgIpc) is 3.15. The summed E-state index contributed by atoms with van der Waals surface area (Å²) in [7, 11) is 0. The summed E-state index contributed by atoms with van der Waals surface area (Å²) in [5.74, 6) is 4.66. The van der Waals surface area contributed by atoms with Gasteiger partial charge in [0.15, 0.2) is 0 Å². The van der Waals surface area contributed by atoms with E-state index in [1.807, 2.05) is 48.5 Å². The average molecular weight is 503 g/mol. The molecule has 186 valence electrons. The molecule has 3 aromatic carbocycles. The number of fused-ring (bicyclic) bond motifs is 3. The molecule has 3 nitrogen and oxygen atoms in total. The fraction of sp³-hybridized carbons (Fsp3) is 0.222. The summed E-state index contributed by atoms with van der Waals surface area (Å²) in [4.78, 5) is 12.1. The minimum atomic E-state index is -4.94. The molecule has 4 rings (SSSR count). The predicted octanol–water partition coefficient (Wildman–Crippen LogP) is 7.00. The molecule has 0 aromatic heterocycles. The summed E-state index contributed by atoms with van der Waals surface area (Å²) < 4.78 is 83.0. The number of carbonyl (C=O) groups is 1. The normalized spacial score (nSPS) is 12.8. The van der Waals surface area contributed by atoms with Crippen molar-refractivity contribution in [2.24, 2.45) is 0 Å². The van der Waals surface area contributed by atoms with Gasteiger partial charge in [-0.15, -0.1) is 0 Å². The number of benzene rings is 3. The first kappa shape index (κ1) is 25.2. The van der Waals surface area contributed by atoms with Crippen LogP contribution in [0.3, 0.4) is 0 Å². The first-order valence-electron chi connectivity index (χ1n) is 10.9. The van der Waals surface area contributed by atoms with E-state index in [2.05, 4.69) is 17.2 Å². The van der Waals surface area contributed by atoms with E-state index >= 15 is 0 Å². The van der Waals surface area contributed by atoms with Gasteiger partial charge in [0.2, 0.25) is 0 Å². The highest BCUT2D eigenvalue weighted by Crippen LogP contribution is 2.44. The van der Waals surface area contributed by atoms with Gasteiger partial charge >= 0.3 is 18.4 Å². The van der Waals surface area contributed by atoms with E-state index in [1.165, 1.54) is 0 Å². The van der Waals surface area contributed by atoms with Crippen molar-refractivity contribution in [1.29, 1.82) is 0 Å². The maximum Gasteiger partial charge on any atom is 0.416 e. The smallest absolute Gasteiger partial charge is 0.416 e. The van der Waals surface area contributed by atoms with E-state index in [0.717, 1.165) is 22.3 Å². The van der Waals surface area contributed by atoms with Gasteiger partial charge in [0.1, 0.15) is 6.61 Å². The zero-order valence-electron chi connectivity index (χ0n) is 18.6. The molecule has 1 N–H and O–H groups in total. The Bertz CT molecular complexity index is 1260. The van der Waals surface area contributed by atoms with Crippen molar-refractivity contribution in [2.45, 2.75) is 24.7 Å². The second kappa shape index (κ2) is 9.97. The molecule has 36 heavy (non-hydrogen) atoms. The fourth-order valence-corrected chi connectivity index (χ4v) is 4.07. The monoisotopic (exact) mass is 503 g/mol. The molecule has 1 amide bonds. The van der Waals surface area contributed by atoms with Crippen molar-refractivity contribution >= 4 is 6.09 Å². The molecule has 0 bridgehead atoms. The van der Waals surface area contributed by atoms with Crippen molar-refractivity contribution in [3.05, 3.63) is 94.5 Å². The fourth-order valence-electron chi connectivity index (χ4n) is 4.07. The molecular formula is C27H19F6NO2. The summed E-state index contributed by atoms with van der Waals surface area (Å²) >= 11 is 0. The molecule has 1 aliphatic rings. The van der Waals surface area contributed by atoms with Gasteiger partial charge in [0.05, 0.1) is 11.1 Å². The molecule has 0 heterocycles. The Balaban J connectivity index is 1.33. The van der Waals surface area contributed by atoms with Crippen LogP contribution >= 0.6 is 0 Å². The summed E-state index contributed by atoms with van der Waals surface area (Å²) in [6.45, 7) is 0.116. The Morgan fingerprint density at radius 2 is 1.36 bits per heavy atom. The molecule has 0 aliphatic heterocycles. The molecule has 0 saturated carbocycles. The van der Waals surface area contributed by atoms with Crippen LogP contribution in [0.1, 0.15) is 40.2 Å². The SMILES string of the molecule is O=C(NCCC#Cc1cc(C(F)(F)F)cc(C(F)(F)F)c1)OCC1c2ccccc2-c2ccccc21. The third kappa shape index (κ3) is 5.65. The molecule has 0 unspecified atom stereocenters. The van der Waals surface area contributed by atoms with E-state index in [9.17, 15) is 31.1 Å². The largest absolute Gasteiger partial charge is 0.449 e. The zero-order valence-corrected chi connectivity index (χ0v) is 18.6. The van der Waals surface area contributed by atoms with Gasteiger partial charge in [-0.1, -0.05) is 60.4 Å². The Morgan fingerprint density at radius 1 is 0.833 bits per heavy atom. The molecular weight excluding hydrogens is 484 g/mol. The lowest BCUT2D eigenvalue weighted by Gasteiger charge is -2.14. The Morgan fingerprint density at radius 3 is 1.89 bits per heavy atom. The first-order valence-corrected chi connectivity index (χ1v) is 10.9. The number of hydrogen-bond acceptors (Lipinski definition) is 2. The topological polar surface area (TPSA) is 38.3 Å². The molecule has 3 aromatic rings. The lowest BCUT2D eigenvalue weighted by molar-refractivity contribution is -0.143. The van der Waals surface area contributed by atoms with E-state index in [1.54, 1.807) is 0 Å². The number of alkyl halides is 6. The minimum Gasteiger partial charge on any atom is -0.449 e. The number of rotatable bonds is 4. The van der Waals surface area contributed by atoms with Gasteiger partial charge in [-0.2, -0.15) is 26.3 Å². The van der Waals surface area contributed by atoms with E-state index in [-0.39, 0.29) is 31.6 Å².